The Morgan fingerprint density at radius 1 is 1.29 bits per heavy atom. The molecule has 0 spiro atoms. The fraction of sp³-hybridized carbons (Fsp3) is 0.353. The number of aryl methyl sites for hydroxylation is 1. The van der Waals surface area contributed by atoms with Crippen molar-refractivity contribution in [3.8, 4) is 5.69 Å². The molecule has 3 rings (SSSR count). The normalized spacial score (nSPS) is 21.3. The number of amides is 1. The van der Waals surface area contributed by atoms with Crippen LogP contribution in [0.5, 0.6) is 0 Å². The minimum absolute atomic E-state index is 0.314. The number of benzene rings is 1. The van der Waals surface area contributed by atoms with Gasteiger partial charge in [-0.2, -0.15) is 0 Å². The van der Waals surface area contributed by atoms with Gasteiger partial charge in [-0.1, -0.05) is 19.9 Å². The first-order valence-corrected chi connectivity index (χ1v) is 7.58. The van der Waals surface area contributed by atoms with E-state index < -0.39 is 23.2 Å². The Kier molecular flexibility index (Phi) is 3.66. The van der Waals surface area contributed by atoms with Gasteiger partial charge in [-0.25, -0.2) is 9.07 Å². The Morgan fingerprint density at radius 3 is 2.58 bits per heavy atom. The van der Waals surface area contributed by atoms with Crippen molar-refractivity contribution in [2.45, 2.75) is 20.8 Å². The number of carboxylic acids is 1. The van der Waals surface area contributed by atoms with Crippen LogP contribution in [0, 0.1) is 30.0 Å². The van der Waals surface area contributed by atoms with Crippen LogP contribution in [0.25, 0.3) is 5.69 Å². The molecular weight excluding hydrogens is 313 g/mol. The molecule has 126 valence electrons. The summed E-state index contributed by atoms with van der Waals surface area (Å²) in [5.41, 5.74) is 0.694. The molecule has 1 aromatic heterocycles. The number of hydrogen-bond donors (Lipinski definition) is 2. The number of halogens is 1. The molecule has 1 aliphatic carbocycles. The average molecular weight is 331 g/mol. The van der Waals surface area contributed by atoms with E-state index in [1.807, 2.05) is 0 Å². The van der Waals surface area contributed by atoms with E-state index in [-0.39, 0.29) is 11.7 Å². The van der Waals surface area contributed by atoms with E-state index in [2.05, 4.69) is 10.4 Å². The van der Waals surface area contributed by atoms with Crippen molar-refractivity contribution in [3.63, 3.8) is 0 Å². The molecule has 1 aliphatic rings. The number of nitrogens with one attached hydrogen (secondary N) is 1. The van der Waals surface area contributed by atoms with Crippen molar-refractivity contribution in [2.75, 3.05) is 5.32 Å². The Morgan fingerprint density at radius 2 is 2.00 bits per heavy atom. The summed E-state index contributed by atoms with van der Waals surface area (Å²) >= 11 is 0. The van der Waals surface area contributed by atoms with Gasteiger partial charge in [0.1, 0.15) is 5.82 Å². The summed E-state index contributed by atoms with van der Waals surface area (Å²) in [6.07, 6.45) is 0. The number of aliphatic carboxylic acids is 1. The largest absolute Gasteiger partial charge is 0.481 e. The quantitative estimate of drug-likeness (QED) is 0.902. The molecule has 2 atom stereocenters. The van der Waals surface area contributed by atoms with Crippen LogP contribution >= 0.6 is 0 Å². The molecule has 1 amide bonds. The molecule has 6 nitrogen and oxygen atoms in total. The van der Waals surface area contributed by atoms with Gasteiger partial charge in [0.25, 0.3) is 0 Å². The van der Waals surface area contributed by atoms with Crippen LogP contribution in [0.2, 0.25) is 0 Å². The van der Waals surface area contributed by atoms with Crippen molar-refractivity contribution in [2.24, 2.45) is 17.3 Å². The molecule has 0 saturated heterocycles. The van der Waals surface area contributed by atoms with Crippen molar-refractivity contribution in [3.05, 3.63) is 41.8 Å². The topological polar surface area (TPSA) is 84.2 Å². The summed E-state index contributed by atoms with van der Waals surface area (Å²) in [5, 5.41) is 16.1. The van der Waals surface area contributed by atoms with Gasteiger partial charge < -0.3 is 10.4 Å². The van der Waals surface area contributed by atoms with Crippen LogP contribution in [-0.4, -0.2) is 26.8 Å². The Labute approximate surface area is 138 Å². The maximum Gasteiger partial charge on any atom is 0.307 e. The number of nitrogens with zero attached hydrogens (tertiary/aromatic N) is 2. The number of hydrogen-bond acceptors (Lipinski definition) is 3. The number of carboxylic acid groups (broad SMARTS) is 1. The standard InChI is InChI=1S/C17H18FN3O3/c1-9-7-12(20-21(9)11-6-4-5-10(18)8-11)19-15(22)13-14(16(23)24)17(13,2)3/h4-8,13-14H,1-3H3,(H,23,24)(H,19,20,22)/t13-,14+/m0/s1. The predicted molar refractivity (Wildman–Crippen MR) is 85.3 cm³/mol. The van der Waals surface area contributed by atoms with E-state index in [4.69, 9.17) is 5.11 Å². The summed E-state index contributed by atoms with van der Waals surface area (Å²) in [6.45, 7) is 5.30. The molecule has 24 heavy (non-hydrogen) atoms. The number of carbonyl (C=O) groups excluding carboxylic acids is 1. The number of anilines is 1. The van der Waals surface area contributed by atoms with Gasteiger partial charge in [-0.3, -0.25) is 9.59 Å². The lowest BCUT2D eigenvalue weighted by molar-refractivity contribution is -0.140. The van der Waals surface area contributed by atoms with Gasteiger partial charge in [0.2, 0.25) is 5.91 Å². The molecule has 0 unspecified atom stereocenters. The Bertz CT molecular complexity index is 828. The van der Waals surface area contributed by atoms with Gasteiger partial charge in [-0.05, 0) is 30.5 Å². The van der Waals surface area contributed by atoms with E-state index in [0.29, 0.717) is 11.5 Å². The van der Waals surface area contributed by atoms with Crippen molar-refractivity contribution < 1.29 is 19.1 Å². The Balaban J connectivity index is 1.79. The smallest absolute Gasteiger partial charge is 0.307 e. The Hall–Kier alpha value is -2.70. The first-order chi connectivity index (χ1) is 11.2. The minimum atomic E-state index is -0.971. The summed E-state index contributed by atoms with van der Waals surface area (Å²) in [4.78, 5) is 23.5. The zero-order valence-corrected chi connectivity index (χ0v) is 13.6. The lowest BCUT2D eigenvalue weighted by Gasteiger charge is -2.04. The minimum Gasteiger partial charge on any atom is -0.481 e. The molecule has 1 heterocycles. The highest BCUT2D eigenvalue weighted by atomic mass is 19.1. The van der Waals surface area contributed by atoms with E-state index in [1.54, 1.807) is 39.0 Å². The molecule has 0 bridgehead atoms. The molecule has 0 radical (unpaired) electrons. The second-order valence-corrected chi connectivity index (χ2v) is 6.67. The van der Waals surface area contributed by atoms with Crippen molar-refractivity contribution >= 4 is 17.7 Å². The van der Waals surface area contributed by atoms with E-state index in [1.165, 1.54) is 16.8 Å². The van der Waals surface area contributed by atoms with E-state index in [9.17, 15) is 14.0 Å². The molecule has 7 heteroatoms. The third-order valence-electron chi connectivity index (χ3n) is 4.57. The summed E-state index contributed by atoms with van der Waals surface area (Å²) < 4.78 is 14.9. The second kappa shape index (κ2) is 5.43. The molecule has 1 aromatic carbocycles. The zero-order chi connectivity index (χ0) is 17.6. The van der Waals surface area contributed by atoms with Crippen LogP contribution in [-0.2, 0) is 9.59 Å². The zero-order valence-electron chi connectivity index (χ0n) is 13.6. The van der Waals surface area contributed by atoms with Crippen molar-refractivity contribution in [1.82, 2.24) is 9.78 Å². The lowest BCUT2D eigenvalue weighted by atomic mass is 10.1. The highest BCUT2D eigenvalue weighted by Crippen LogP contribution is 2.58. The maximum absolute atomic E-state index is 13.4. The third-order valence-corrected chi connectivity index (χ3v) is 4.57. The molecule has 2 N–H and O–H groups in total. The van der Waals surface area contributed by atoms with Crippen LogP contribution in [0.3, 0.4) is 0 Å². The van der Waals surface area contributed by atoms with Crippen LogP contribution in [0.15, 0.2) is 30.3 Å². The monoisotopic (exact) mass is 331 g/mol. The maximum atomic E-state index is 13.4. The van der Waals surface area contributed by atoms with Gasteiger partial charge in [-0.15, -0.1) is 5.10 Å². The summed E-state index contributed by atoms with van der Waals surface area (Å²) in [5.74, 6) is -2.68. The predicted octanol–water partition coefficient (Wildman–Crippen LogP) is 2.62. The van der Waals surface area contributed by atoms with E-state index in [0.717, 1.165) is 5.69 Å². The molecule has 1 saturated carbocycles. The summed E-state index contributed by atoms with van der Waals surface area (Å²) in [6, 6.07) is 7.63. The van der Waals surface area contributed by atoms with Crippen LogP contribution in [0.1, 0.15) is 19.5 Å². The molecule has 0 aliphatic heterocycles. The number of rotatable bonds is 4. The van der Waals surface area contributed by atoms with Crippen LogP contribution in [0.4, 0.5) is 10.2 Å². The third kappa shape index (κ3) is 2.66. The first-order valence-electron chi connectivity index (χ1n) is 7.58. The van der Waals surface area contributed by atoms with Gasteiger partial charge in [0.15, 0.2) is 5.82 Å². The van der Waals surface area contributed by atoms with Gasteiger partial charge >= 0.3 is 5.97 Å². The van der Waals surface area contributed by atoms with Gasteiger partial charge in [0.05, 0.1) is 17.5 Å². The number of aromatic nitrogens is 2. The highest BCUT2D eigenvalue weighted by Gasteiger charge is 2.65. The number of carbonyl (C=O) groups is 2. The second-order valence-electron chi connectivity index (χ2n) is 6.67. The lowest BCUT2D eigenvalue weighted by Crippen LogP contribution is -2.18. The fourth-order valence-corrected chi connectivity index (χ4v) is 3.20. The van der Waals surface area contributed by atoms with Gasteiger partial charge in [0, 0.05) is 11.8 Å². The van der Waals surface area contributed by atoms with E-state index >= 15 is 0 Å². The first kappa shape index (κ1) is 16.2. The molecule has 1 fully saturated rings. The summed E-state index contributed by atoms with van der Waals surface area (Å²) in [7, 11) is 0. The van der Waals surface area contributed by atoms with Crippen LogP contribution < -0.4 is 5.32 Å². The molecule has 2 aromatic rings. The molecular formula is C17H18FN3O3. The average Bonchev–Trinajstić information content (AvgIpc) is 2.88. The highest BCUT2D eigenvalue weighted by molar-refractivity contribution is 5.99. The SMILES string of the molecule is Cc1cc(NC(=O)[C@@H]2[C@H](C(=O)O)C2(C)C)nn1-c1cccc(F)c1. The fourth-order valence-electron chi connectivity index (χ4n) is 3.20. The van der Waals surface area contributed by atoms with Crippen molar-refractivity contribution in [1.29, 1.82) is 0 Å².